The van der Waals surface area contributed by atoms with Crippen LogP contribution in [0.1, 0.15) is 33.6 Å². The monoisotopic (exact) mass is 386 g/mol. The Labute approximate surface area is 171 Å². The zero-order chi connectivity index (χ0) is 20.3. The van der Waals surface area contributed by atoms with Crippen molar-refractivity contribution in [2.45, 2.75) is 39.2 Å². The minimum atomic E-state index is 0.0590. The summed E-state index contributed by atoms with van der Waals surface area (Å²) < 4.78 is 0. The smallest absolute Gasteiger partial charge is 0.229 e. The largest absolute Gasteiger partial charge is 0.382 e. The molecule has 3 aromatic rings. The third kappa shape index (κ3) is 4.90. The first-order valence-electron chi connectivity index (χ1n) is 9.84. The fraction of sp³-hybridized carbons (Fsp3) is 0.261. The van der Waals surface area contributed by atoms with Gasteiger partial charge in [0, 0.05) is 41.2 Å². The predicted molar refractivity (Wildman–Crippen MR) is 118 cm³/mol. The standard InChI is InChI=1S/C23H26N6/c1-23(2,3)29-20-9-8-19(20)27-21-12-15-25-22(28-21)26-18-6-4-16(5-7-18)17-10-13-24-14-11-17/h4-7,10-15,29H,8-9H2,1-3H3,(H2,25,26,27,28). The molecule has 0 aliphatic heterocycles. The fourth-order valence-corrected chi connectivity index (χ4v) is 3.17. The van der Waals surface area contributed by atoms with Crippen molar-refractivity contribution >= 4 is 17.5 Å². The van der Waals surface area contributed by atoms with Gasteiger partial charge in [0.15, 0.2) is 0 Å². The summed E-state index contributed by atoms with van der Waals surface area (Å²) in [6.07, 6.45) is 7.46. The quantitative estimate of drug-likeness (QED) is 0.548. The lowest BCUT2D eigenvalue weighted by Gasteiger charge is -2.32. The van der Waals surface area contributed by atoms with Crippen molar-refractivity contribution in [2.75, 3.05) is 10.6 Å². The number of hydrogen-bond donors (Lipinski definition) is 3. The van der Waals surface area contributed by atoms with Crippen LogP contribution in [0.2, 0.25) is 0 Å². The molecule has 0 bridgehead atoms. The van der Waals surface area contributed by atoms with Crippen LogP contribution in [-0.4, -0.2) is 20.5 Å². The summed E-state index contributed by atoms with van der Waals surface area (Å²) in [7, 11) is 0. The molecule has 0 atom stereocenters. The van der Waals surface area contributed by atoms with E-state index < -0.39 is 0 Å². The molecule has 4 rings (SSSR count). The van der Waals surface area contributed by atoms with Crippen molar-refractivity contribution < 1.29 is 0 Å². The molecular weight excluding hydrogens is 360 g/mol. The van der Waals surface area contributed by atoms with Gasteiger partial charge in [-0.2, -0.15) is 4.98 Å². The van der Waals surface area contributed by atoms with Gasteiger partial charge in [-0.15, -0.1) is 0 Å². The minimum Gasteiger partial charge on any atom is -0.382 e. The molecule has 2 heterocycles. The number of rotatable bonds is 6. The number of benzene rings is 1. The van der Waals surface area contributed by atoms with Crippen LogP contribution < -0.4 is 16.0 Å². The second-order valence-corrected chi connectivity index (χ2v) is 8.16. The second-order valence-electron chi connectivity index (χ2n) is 8.16. The van der Waals surface area contributed by atoms with Crippen LogP contribution in [-0.2, 0) is 0 Å². The van der Waals surface area contributed by atoms with Crippen molar-refractivity contribution in [3.05, 3.63) is 72.4 Å². The molecule has 0 amide bonds. The molecular formula is C23H26N6. The lowest BCUT2D eigenvalue weighted by atomic mass is 9.97. The third-order valence-corrected chi connectivity index (χ3v) is 4.60. The summed E-state index contributed by atoms with van der Waals surface area (Å²) in [6, 6.07) is 14.1. The maximum absolute atomic E-state index is 4.60. The first kappa shape index (κ1) is 18.9. The zero-order valence-electron chi connectivity index (χ0n) is 17.0. The summed E-state index contributed by atoms with van der Waals surface area (Å²) in [5.74, 6) is 1.36. The van der Waals surface area contributed by atoms with E-state index in [2.05, 4.69) is 63.8 Å². The molecule has 0 spiro atoms. The van der Waals surface area contributed by atoms with E-state index in [9.17, 15) is 0 Å². The van der Waals surface area contributed by atoms with Gasteiger partial charge in [0.25, 0.3) is 0 Å². The van der Waals surface area contributed by atoms with Crippen LogP contribution >= 0.6 is 0 Å². The Kier molecular flexibility index (Phi) is 5.16. The highest BCUT2D eigenvalue weighted by Crippen LogP contribution is 2.28. The average Bonchev–Trinajstić information content (AvgIpc) is 2.71. The molecule has 1 aromatic carbocycles. The van der Waals surface area contributed by atoms with Crippen molar-refractivity contribution in [1.29, 1.82) is 0 Å². The van der Waals surface area contributed by atoms with Gasteiger partial charge < -0.3 is 16.0 Å². The van der Waals surface area contributed by atoms with Crippen molar-refractivity contribution in [1.82, 2.24) is 20.3 Å². The van der Waals surface area contributed by atoms with Gasteiger partial charge >= 0.3 is 0 Å². The lowest BCUT2D eigenvalue weighted by Crippen LogP contribution is -2.38. The molecule has 3 N–H and O–H groups in total. The maximum atomic E-state index is 4.60. The first-order valence-corrected chi connectivity index (χ1v) is 9.84. The van der Waals surface area contributed by atoms with Crippen molar-refractivity contribution in [2.24, 2.45) is 0 Å². The highest BCUT2D eigenvalue weighted by atomic mass is 15.1. The first-order chi connectivity index (χ1) is 14.0. The summed E-state index contributed by atoms with van der Waals surface area (Å²) >= 11 is 0. The Morgan fingerprint density at radius 1 is 0.759 bits per heavy atom. The molecule has 0 radical (unpaired) electrons. The van der Waals surface area contributed by atoms with Gasteiger partial charge in [0.1, 0.15) is 5.82 Å². The average molecular weight is 387 g/mol. The maximum Gasteiger partial charge on any atom is 0.229 e. The molecule has 6 heteroatoms. The Morgan fingerprint density at radius 2 is 1.45 bits per heavy atom. The highest BCUT2D eigenvalue weighted by molar-refractivity contribution is 5.67. The summed E-state index contributed by atoms with van der Waals surface area (Å²) in [5, 5.41) is 10.3. The van der Waals surface area contributed by atoms with Gasteiger partial charge in [-0.05, 0) is 75.1 Å². The predicted octanol–water partition coefficient (Wildman–Crippen LogP) is 5.09. The van der Waals surface area contributed by atoms with E-state index in [1.165, 1.54) is 11.4 Å². The molecule has 148 valence electrons. The Balaban J connectivity index is 1.44. The van der Waals surface area contributed by atoms with Gasteiger partial charge in [0.2, 0.25) is 5.95 Å². The van der Waals surface area contributed by atoms with E-state index in [0.717, 1.165) is 35.5 Å². The third-order valence-electron chi connectivity index (χ3n) is 4.60. The zero-order valence-corrected chi connectivity index (χ0v) is 17.0. The summed E-state index contributed by atoms with van der Waals surface area (Å²) in [4.78, 5) is 13.0. The van der Waals surface area contributed by atoms with Gasteiger partial charge in [-0.1, -0.05) is 12.1 Å². The summed E-state index contributed by atoms with van der Waals surface area (Å²) in [6.45, 7) is 6.51. The highest BCUT2D eigenvalue weighted by Gasteiger charge is 2.22. The van der Waals surface area contributed by atoms with E-state index in [0.29, 0.717) is 5.95 Å². The van der Waals surface area contributed by atoms with E-state index >= 15 is 0 Å². The van der Waals surface area contributed by atoms with E-state index in [4.69, 9.17) is 0 Å². The number of anilines is 3. The number of pyridine rings is 1. The minimum absolute atomic E-state index is 0.0590. The molecule has 0 saturated carbocycles. The SMILES string of the molecule is CC(C)(C)NC1=C(Nc2ccnc(Nc3ccc(-c4ccncc4)cc3)n2)CC1. The number of nitrogens with one attached hydrogen (secondary N) is 3. The molecule has 0 fully saturated rings. The Morgan fingerprint density at radius 3 is 2.10 bits per heavy atom. The van der Waals surface area contributed by atoms with Crippen LogP contribution in [0.3, 0.4) is 0 Å². The number of aromatic nitrogens is 3. The van der Waals surface area contributed by atoms with E-state index in [1.807, 2.05) is 30.3 Å². The van der Waals surface area contributed by atoms with Crippen molar-refractivity contribution in [3.63, 3.8) is 0 Å². The number of nitrogens with zero attached hydrogens (tertiary/aromatic N) is 3. The number of hydrogen-bond acceptors (Lipinski definition) is 6. The van der Waals surface area contributed by atoms with Gasteiger partial charge in [-0.3, -0.25) is 4.98 Å². The molecule has 1 aliphatic carbocycles. The van der Waals surface area contributed by atoms with E-state index in [1.54, 1.807) is 18.6 Å². The molecule has 0 unspecified atom stereocenters. The van der Waals surface area contributed by atoms with Crippen molar-refractivity contribution in [3.8, 4) is 11.1 Å². The molecule has 2 aromatic heterocycles. The lowest BCUT2D eigenvalue weighted by molar-refractivity contribution is 0.446. The fourth-order valence-electron chi connectivity index (χ4n) is 3.17. The van der Waals surface area contributed by atoms with Crippen LogP contribution in [0.25, 0.3) is 11.1 Å². The Hall–Kier alpha value is -3.41. The normalized spacial score (nSPS) is 13.6. The molecule has 1 aliphatic rings. The van der Waals surface area contributed by atoms with Gasteiger partial charge in [-0.25, -0.2) is 4.98 Å². The molecule has 6 nitrogen and oxygen atoms in total. The van der Waals surface area contributed by atoms with Gasteiger partial charge in [0.05, 0.1) is 0 Å². The molecule has 0 saturated heterocycles. The van der Waals surface area contributed by atoms with Crippen LogP contribution in [0.4, 0.5) is 17.5 Å². The summed E-state index contributed by atoms with van der Waals surface area (Å²) in [5.41, 5.74) is 5.75. The van der Waals surface area contributed by atoms with Crippen LogP contribution in [0, 0.1) is 0 Å². The van der Waals surface area contributed by atoms with Crippen LogP contribution in [0.5, 0.6) is 0 Å². The topological polar surface area (TPSA) is 74.8 Å². The van der Waals surface area contributed by atoms with E-state index in [-0.39, 0.29) is 5.54 Å². The number of allylic oxidation sites excluding steroid dienone is 2. The molecule has 29 heavy (non-hydrogen) atoms. The Bertz CT molecular complexity index is 1000. The van der Waals surface area contributed by atoms with Crippen LogP contribution in [0.15, 0.2) is 72.4 Å². The second kappa shape index (κ2) is 7.91.